The number of rotatable bonds is 5. The van der Waals surface area contributed by atoms with Crippen molar-refractivity contribution in [3.05, 3.63) is 30.6 Å². The number of hydrogen-bond acceptors (Lipinski definition) is 7. The van der Waals surface area contributed by atoms with Crippen LogP contribution in [0, 0.1) is 0 Å². The average molecular weight is 369 g/mol. The highest BCUT2D eigenvalue weighted by Crippen LogP contribution is 2.30. The summed E-state index contributed by atoms with van der Waals surface area (Å²) in [5.74, 6) is 0.842. The third kappa shape index (κ3) is 3.45. The number of imidazole rings is 1. The monoisotopic (exact) mass is 369 g/mol. The third-order valence-corrected chi connectivity index (χ3v) is 4.71. The number of hydrogen-bond donors (Lipinski definition) is 1. The molecule has 4 rings (SSSR count). The van der Waals surface area contributed by atoms with E-state index in [4.69, 9.17) is 19.4 Å². The molecule has 1 atom stereocenters. The average Bonchev–Trinajstić information content (AvgIpc) is 3.12. The van der Waals surface area contributed by atoms with Gasteiger partial charge in [-0.3, -0.25) is 0 Å². The summed E-state index contributed by atoms with van der Waals surface area (Å²) >= 11 is 0. The van der Waals surface area contributed by atoms with Crippen LogP contribution in [0.4, 0.5) is 5.95 Å². The van der Waals surface area contributed by atoms with Gasteiger partial charge in [-0.2, -0.15) is 4.98 Å². The molecule has 142 valence electrons. The standard InChI is InChI=1S/C19H23N5O3/c1-13(11-26-2)24-12-20-17-16(14-4-3-5-15(25)10-14)21-19(22-18(17)24)23-6-8-27-9-7-23/h3-5,10,12-13,25H,6-9,11H2,1-2H3. The quantitative estimate of drug-likeness (QED) is 0.738. The van der Waals surface area contributed by atoms with Crippen LogP contribution in [-0.4, -0.2) is 64.6 Å². The lowest BCUT2D eigenvalue weighted by atomic mass is 10.1. The number of methoxy groups -OCH3 is 1. The van der Waals surface area contributed by atoms with Crippen molar-refractivity contribution in [1.29, 1.82) is 0 Å². The third-order valence-electron chi connectivity index (χ3n) is 4.71. The summed E-state index contributed by atoms with van der Waals surface area (Å²) in [6.45, 7) is 5.42. The molecule has 0 radical (unpaired) electrons. The summed E-state index contributed by atoms with van der Waals surface area (Å²) in [6.07, 6.45) is 1.78. The fourth-order valence-electron chi connectivity index (χ4n) is 3.31. The van der Waals surface area contributed by atoms with Crippen LogP contribution in [-0.2, 0) is 9.47 Å². The van der Waals surface area contributed by atoms with E-state index in [0.717, 1.165) is 24.3 Å². The van der Waals surface area contributed by atoms with Crippen molar-refractivity contribution in [1.82, 2.24) is 19.5 Å². The first-order chi connectivity index (χ1) is 13.2. The Morgan fingerprint density at radius 2 is 2.07 bits per heavy atom. The summed E-state index contributed by atoms with van der Waals surface area (Å²) in [7, 11) is 1.68. The topological polar surface area (TPSA) is 85.5 Å². The molecule has 0 saturated carbocycles. The van der Waals surface area contributed by atoms with Gasteiger partial charge in [0.25, 0.3) is 0 Å². The molecule has 1 fully saturated rings. The van der Waals surface area contributed by atoms with E-state index in [-0.39, 0.29) is 11.8 Å². The van der Waals surface area contributed by atoms with Gasteiger partial charge in [-0.1, -0.05) is 12.1 Å². The first-order valence-electron chi connectivity index (χ1n) is 9.03. The molecule has 0 aliphatic carbocycles. The fraction of sp³-hybridized carbons (Fsp3) is 0.421. The van der Waals surface area contributed by atoms with Crippen LogP contribution in [0.15, 0.2) is 30.6 Å². The largest absolute Gasteiger partial charge is 0.508 e. The van der Waals surface area contributed by atoms with Gasteiger partial charge in [-0.15, -0.1) is 0 Å². The summed E-state index contributed by atoms with van der Waals surface area (Å²) < 4.78 is 12.8. The molecule has 1 N–H and O–H groups in total. The van der Waals surface area contributed by atoms with E-state index in [1.165, 1.54) is 0 Å². The van der Waals surface area contributed by atoms with E-state index < -0.39 is 0 Å². The highest BCUT2D eigenvalue weighted by Gasteiger charge is 2.21. The number of morpholine rings is 1. The molecule has 1 aliphatic heterocycles. The van der Waals surface area contributed by atoms with E-state index in [9.17, 15) is 5.11 Å². The predicted molar refractivity (Wildman–Crippen MR) is 102 cm³/mol. The van der Waals surface area contributed by atoms with Crippen LogP contribution >= 0.6 is 0 Å². The molecule has 0 amide bonds. The van der Waals surface area contributed by atoms with Crippen molar-refractivity contribution < 1.29 is 14.6 Å². The van der Waals surface area contributed by atoms with Gasteiger partial charge in [-0.05, 0) is 19.1 Å². The van der Waals surface area contributed by atoms with Crippen LogP contribution in [0.3, 0.4) is 0 Å². The Kier molecular flexibility index (Phi) is 4.91. The molecule has 8 nitrogen and oxygen atoms in total. The molecule has 3 heterocycles. The van der Waals surface area contributed by atoms with Gasteiger partial charge in [0.2, 0.25) is 5.95 Å². The lowest BCUT2D eigenvalue weighted by Crippen LogP contribution is -2.37. The number of aromatic nitrogens is 4. The summed E-state index contributed by atoms with van der Waals surface area (Å²) in [5.41, 5.74) is 2.98. The van der Waals surface area contributed by atoms with Crippen molar-refractivity contribution in [2.24, 2.45) is 0 Å². The zero-order valence-corrected chi connectivity index (χ0v) is 15.5. The highest BCUT2D eigenvalue weighted by atomic mass is 16.5. The molecule has 1 unspecified atom stereocenters. The van der Waals surface area contributed by atoms with Crippen molar-refractivity contribution in [3.8, 4) is 17.0 Å². The zero-order valence-electron chi connectivity index (χ0n) is 15.5. The second-order valence-corrected chi connectivity index (χ2v) is 6.65. The van der Waals surface area contributed by atoms with E-state index in [1.54, 1.807) is 31.6 Å². The van der Waals surface area contributed by atoms with Gasteiger partial charge in [0.1, 0.15) is 17.0 Å². The van der Waals surface area contributed by atoms with Gasteiger partial charge in [0, 0.05) is 25.8 Å². The van der Waals surface area contributed by atoms with Crippen molar-refractivity contribution in [2.45, 2.75) is 13.0 Å². The minimum absolute atomic E-state index is 0.0875. The molecule has 3 aromatic rings. The van der Waals surface area contributed by atoms with Gasteiger partial charge in [0.15, 0.2) is 5.65 Å². The summed E-state index contributed by atoms with van der Waals surface area (Å²) in [6, 6.07) is 7.15. The Bertz CT molecular complexity index is 936. The Labute approximate surface area is 157 Å². The Morgan fingerprint density at radius 1 is 1.26 bits per heavy atom. The molecular formula is C19H23N5O3. The number of nitrogens with zero attached hydrogens (tertiary/aromatic N) is 5. The maximum atomic E-state index is 9.92. The lowest BCUT2D eigenvalue weighted by Gasteiger charge is -2.27. The molecular weight excluding hydrogens is 346 g/mol. The second kappa shape index (κ2) is 7.50. The van der Waals surface area contributed by atoms with E-state index in [1.807, 2.05) is 10.6 Å². The smallest absolute Gasteiger partial charge is 0.228 e. The van der Waals surface area contributed by atoms with Gasteiger partial charge in [-0.25, -0.2) is 9.97 Å². The number of ether oxygens (including phenoxy) is 2. The van der Waals surface area contributed by atoms with Crippen molar-refractivity contribution >= 4 is 17.1 Å². The molecule has 2 aromatic heterocycles. The Balaban J connectivity index is 1.89. The number of phenolic OH excluding ortho intramolecular Hbond substituents is 1. The van der Waals surface area contributed by atoms with Crippen LogP contribution in [0.2, 0.25) is 0 Å². The number of aromatic hydroxyl groups is 1. The molecule has 8 heteroatoms. The molecule has 27 heavy (non-hydrogen) atoms. The fourth-order valence-corrected chi connectivity index (χ4v) is 3.31. The summed E-state index contributed by atoms with van der Waals surface area (Å²) in [5, 5.41) is 9.92. The van der Waals surface area contributed by atoms with Crippen LogP contribution in [0.1, 0.15) is 13.0 Å². The molecule has 1 aliphatic rings. The number of fused-ring (bicyclic) bond motifs is 1. The van der Waals surface area contributed by atoms with Crippen LogP contribution in [0.25, 0.3) is 22.4 Å². The van der Waals surface area contributed by atoms with Crippen molar-refractivity contribution in [2.75, 3.05) is 44.9 Å². The molecule has 1 saturated heterocycles. The lowest BCUT2D eigenvalue weighted by molar-refractivity contribution is 0.122. The first kappa shape index (κ1) is 17.7. The van der Waals surface area contributed by atoms with E-state index in [0.29, 0.717) is 37.0 Å². The number of phenols is 1. The van der Waals surface area contributed by atoms with E-state index >= 15 is 0 Å². The maximum Gasteiger partial charge on any atom is 0.228 e. The van der Waals surface area contributed by atoms with Crippen LogP contribution in [0.5, 0.6) is 5.75 Å². The van der Waals surface area contributed by atoms with Gasteiger partial charge >= 0.3 is 0 Å². The minimum Gasteiger partial charge on any atom is -0.508 e. The van der Waals surface area contributed by atoms with E-state index in [2.05, 4.69) is 16.8 Å². The second-order valence-electron chi connectivity index (χ2n) is 6.65. The van der Waals surface area contributed by atoms with Gasteiger partial charge < -0.3 is 24.0 Å². The normalized spacial score (nSPS) is 16.0. The van der Waals surface area contributed by atoms with Crippen molar-refractivity contribution in [3.63, 3.8) is 0 Å². The minimum atomic E-state index is 0.0875. The number of benzene rings is 1. The molecule has 0 bridgehead atoms. The van der Waals surface area contributed by atoms with Gasteiger partial charge in [0.05, 0.1) is 32.2 Å². The SMILES string of the molecule is COCC(C)n1cnc2c(-c3cccc(O)c3)nc(N3CCOCC3)nc21. The summed E-state index contributed by atoms with van der Waals surface area (Å²) in [4.78, 5) is 16.3. The Morgan fingerprint density at radius 3 is 2.81 bits per heavy atom. The van der Waals surface area contributed by atoms with Crippen LogP contribution < -0.4 is 4.90 Å². The highest BCUT2D eigenvalue weighted by molar-refractivity contribution is 5.88. The molecule has 0 spiro atoms. The zero-order chi connectivity index (χ0) is 18.8. The first-order valence-corrected chi connectivity index (χ1v) is 9.03. The number of anilines is 1. The predicted octanol–water partition coefficient (Wildman–Crippen LogP) is 2.24. The molecule has 1 aromatic carbocycles. The maximum absolute atomic E-state index is 9.92. The Hall–Kier alpha value is -2.71.